The van der Waals surface area contributed by atoms with Gasteiger partial charge in [0.25, 0.3) is 0 Å². The molecule has 0 radical (unpaired) electrons. The van der Waals surface area contributed by atoms with Gasteiger partial charge in [-0.15, -0.1) is 0 Å². The highest BCUT2D eigenvalue weighted by Crippen LogP contribution is 2.21. The molecule has 1 aliphatic heterocycles. The molecule has 3 heteroatoms. The largest absolute Gasteiger partial charge is 0.306 e. The number of aromatic nitrogens is 2. The zero-order chi connectivity index (χ0) is 12.1. The molecule has 0 atom stereocenters. The van der Waals surface area contributed by atoms with Crippen LogP contribution >= 0.6 is 0 Å². The highest BCUT2D eigenvalue weighted by atomic mass is 15.1. The molecule has 0 spiro atoms. The Labute approximate surface area is 104 Å². The summed E-state index contributed by atoms with van der Waals surface area (Å²) in [5.74, 6) is 0.935. The van der Waals surface area contributed by atoms with Crippen molar-refractivity contribution in [2.75, 3.05) is 20.1 Å². The molecule has 0 amide bonds. The molecule has 0 aromatic carbocycles. The maximum Gasteiger partial charge on any atom is 0.0586 e. The summed E-state index contributed by atoms with van der Waals surface area (Å²) >= 11 is 0. The number of hydrogen-bond acceptors (Lipinski definition) is 3. The fraction of sp³-hybridized carbons (Fsp3) is 0.714. The van der Waals surface area contributed by atoms with E-state index in [0.717, 1.165) is 23.7 Å². The van der Waals surface area contributed by atoms with Crippen molar-refractivity contribution in [3.8, 4) is 0 Å². The zero-order valence-electron chi connectivity index (χ0n) is 11.0. The van der Waals surface area contributed by atoms with Crippen molar-refractivity contribution in [3.63, 3.8) is 0 Å². The lowest BCUT2D eigenvalue weighted by Crippen LogP contribution is -2.30. The summed E-state index contributed by atoms with van der Waals surface area (Å²) < 4.78 is 0. The number of aryl methyl sites for hydroxylation is 2. The quantitative estimate of drug-likeness (QED) is 0.800. The van der Waals surface area contributed by atoms with Gasteiger partial charge in [-0.05, 0) is 65.1 Å². The molecule has 94 valence electrons. The second-order valence-corrected chi connectivity index (χ2v) is 5.29. The van der Waals surface area contributed by atoms with Gasteiger partial charge < -0.3 is 4.90 Å². The summed E-state index contributed by atoms with van der Waals surface area (Å²) in [5.41, 5.74) is 2.15. The van der Waals surface area contributed by atoms with E-state index in [0.29, 0.717) is 0 Å². The van der Waals surface area contributed by atoms with Gasteiger partial charge in [-0.3, -0.25) is 9.97 Å². The number of hydrogen-bond donors (Lipinski definition) is 0. The lowest BCUT2D eigenvalue weighted by molar-refractivity contribution is 0.210. The number of rotatable bonds is 4. The van der Waals surface area contributed by atoms with Crippen molar-refractivity contribution in [1.82, 2.24) is 14.9 Å². The highest BCUT2D eigenvalue weighted by Gasteiger charge is 2.15. The molecule has 2 heterocycles. The second kappa shape index (κ2) is 6.10. The second-order valence-electron chi connectivity index (χ2n) is 5.29. The molecule has 17 heavy (non-hydrogen) atoms. The number of piperidine rings is 1. The Morgan fingerprint density at radius 1 is 1.24 bits per heavy atom. The Kier molecular flexibility index (Phi) is 4.49. The van der Waals surface area contributed by atoms with Gasteiger partial charge >= 0.3 is 0 Å². The smallest absolute Gasteiger partial charge is 0.0586 e. The SMILES string of the molecule is Cc1cnc(CCCC2CCN(C)CC2)cn1. The van der Waals surface area contributed by atoms with E-state index in [1.54, 1.807) is 0 Å². The van der Waals surface area contributed by atoms with Crippen LogP contribution in [0.25, 0.3) is 0 Å². The molecule has 1 saturated heterocycles. The fourth-order valence-corrected chi connectivity index (χ4v) is 2.47. The van der Waals surface area contributed by atoms with Crippen LogP contribution in [-0.2, 0) is 6.42 Å². The van der Waals surface area contributed by atoms with E-state index < -0.39 is 0 Å². The lowest BCUT2D eigenvalue weighted by atomic mass is 9.91. The summed E-state index contributed by atoms with van der Waals surface area (Å²) in [6.07, 6.45) is 10.2. The Morgan fingerprint density at radius 3 is 2.65 bits per heavy atom. The van der Waals surface area contributed by atoms with Crippen molar-refractivity contribution < 1.29 is 0 Å². The topological polar surface area (TPSA) is 29.0 Å². The minimum absolute atomic E-state index is 0.935. The van der Waals surface area contributed by atoms with Crippen LogP contribution in [0.3, 0.4) is 0 Å². The van der Waals surface area contributed by atoms with Gasteiger partial charge in [-0.1, -0.05) is 0 Å². The van der Waals surface area contributed by atoms with Crippen LogP contribution in [0.2, 0.25) is 0 Å². The van der Waals surface area contributed by atoms with E-state index in [4.69, 9.17) is 0 Å². The maximum absolute atomic E-state index is 4.40. The molecular weight excluding hydrogens is 210 g/mol. The Bertz CT molecular complexity index is 326. The van der Waals surface area contributed by atoms with Gasteiger partial charge in [-0.25, -0.2) is 0 Å². The molecule has 2 rings (SSSR count). The molecule has 0 N–H and O–H groups in total. The summed E-state index contributed by atoms with van der Waals surface area (Å²) in [4.78, 5) is 11.1. The molecule has 1 aromatic rings. The van der Waals surface area contributed by atoms with Gasteiger partial charge in [0.05, 0.1) is 11.4 Å². The first kappa shape index (κ1) is 12.5. The van der Waals surface area contributed by atoms with E-state index >= 15 is 0 Å². The molecule has 0 saturated carbocycles. The van der Waals surface area contributed by atoms with Crippen LogP contribution in [-0.4, -0.2) is 35.0 Å². The van der Waals surface area contributed by atoms with Crippen LogP contribution in [0.5, 0.6) is 0 Å². The van der Waals surface area contributed by atoms with Crippen LogP contribution in [0.15, 0.2) is 12.4 Å². The first-order valence-corrected chi connectivity index (χ1v) is 6.70. The average Bonchev–Trinajstić information content (AvgIpc) is 2.34. The predicted octanol–water partition coefficient (Wildman–Crippen LogP) is 2.45. The van der Waals surface area contributed by atoms with Gasteiger partial charge in [0.15, 0.2) is 0 Å². The molecular formula is C14H23N3. The third kappa shape index (κ3) is 4.08. The standard InChI is InChI=1S/C14H23N3/c1-12-10-16-14(11-15-12)5-3-4-13-6-8-17(2)9-7-13/h10-11,13H,3-9H2,1-2H3. The van der Waals surface area contributed by atoms with Crippen molar-refractivity contribution >= 4 is 0 Å². The van der Waals surface area contributed by atoms with Crippen LogP contribution in [0, 0.1) is 12.8 Å². The van der Waals surface area contributed by atoms with Crippen molar-refractivity contribution in [2.24, 2.45) is 5.92 Å². The maximum atomic E-state index is 4.40. The van der Waals surface area contributed by atoms with Crippen molar-refractivity contribution in [2.45, 2.75) is 39.0 Å². The molecule has 1 fully saturated rings. The van der Waals surface area contributed by atoms with E-state index in [1.807, 2.05) is 19.3 Å². The van der Waals surface area contributed by atoms with Crippen LogP contribution < -0.4 is 0 Å². The minimum atomic E-state index is 0.935. The highest BCUT2D eigenvalue weighted by molar-refractivity contribution is 5.00. The van der Waals surface area contributed by atoms with Crippen molar-refractivity contribution in [1.29, 1.82) is 0 Å². The van der Waals surface area contributed by atoms with Crippen LogP contribution in [0.4, 0.5) is 0 Å². The van der Waals surface area contributed by atoms with Crippen LogP contribution in [0.1, 0.15) is 37.1 Å². The third-order valence-corrected chi connectivity index (χ3v) is 3.72. The normalized spacial score (nSPS) is 18.5. The molecule has 0 bridgehead atoms. The molecule has 0 aliphatic carbocycles. The number of nitrogens with zero attached hydrogens (tertiary/aromatic N) is 3. The predicted molar refractivity (Wildman–Crippen MR) is 69.9 cm³/mol. The van der Waals surface area contributed by atoms with E-state index in [9.17, 15) is 0 Å². The molecule has 0 unspecified atom stereocenters. The summed E-state index contributed by atoms with van der Waals surface area (Å²) in [6, 6.07) is 0. The van der Waals surface area contributed by atoms with Gasteiger partial charge in [0.2, 0.25) is 0 Å². The molecule has 3 nitrogen and oxygen atoms in total. The summed E-state index contributed by atoms with van der Waals surface area (Å²) in [6.45, 7) is 4.53. The molecule has 1 aliphatic rings. The van der Waals surface area contributed by atoms with E-state index in [-0.39, 0.29) is 0 Å². The van der Waals surface area contributed by atoms with Gasteiger partial charge in [0, 0.05) is 12.4 Å². The Hall–Kier alpha value is -0.960. The third-order valence-electron chi connectivity index (χ3n) is 3.72. The van der Waals surface area contributed by atoms with E-state index in [1.165, 1.54) is 38.8 Å². The number of likely N-dealkylation sites (tertiary alicyclic amines) is 1. The minimum Gasteiger partial charge on any atom is -0.306 e. The Balaban J connectivity index is 1.67. The van der Waals surface area contributed by atoms with Gasteiger partial charge in [-0.2, -0.15) is 0 Å². The van der Waals surface area contributed by atoms with Crippen molar-refractivity contribution in [3.05, 3.63) is 23.8 Å². The fourth-order valence-electron chi connectivity index (χ4n) is 2.47. The lowest BCUT2D eigenvalue weighted by Gasteiger charge is -2.28. The first-order chi connectivity index (χ1) is 8.24. The van der Waals surface area contributed by atoms with Gasteiger partial charge in [0.1, 0.15) is 0 Å². The summed E-state index contributed by atoms with van der Waals surface area (Å²) in [7, 11) is 2.22. The Morgan fingerprint density at radius 2 is 2.00 bits per heavy atom. The molecule has 1 aromatic heterocycles. The average molecular weight is 233 g/mol. The zero-order valence-corrected chi connectivity index (χ0v) is 11.0. The van der Waals surface area contributed by atoms with E-state index in [2.05, 4.69) is 21.9 Å². The summed E-state index contributed by atoms with van der Waals surface area (Å²) in [5, 5.41) is 0. The monoisotopic (exact) mass is 233 g/mol. The first-order valence-electron chi connectivity index (χ1n) is 6.70.